The second-order valence-electron chi connectivity index (χ2n) is 4.57. The maximum Gasteiger partial charge on any atom is 0.145 e. The molecule has 0 N–H and O–H groups in total. The fourth-order valence-corrected chi connectivity index (χ4v) is 2.75. The number of rotatable bonds is 4. The Kier molecular flexibility index (Phi) is 3.91. The first kappa shape index (κ1) is 13.0. The summed E-state index contributed by atoms with van der Waals surface area (Å²) in [6.07, 6.45) is 1.62. The molecule has 1 atom stereocenters. The summed E-state index contributed by atoms with van der Waals surface area (Å²) in [6.45, 7) is 4.29. The van der Waals surface area contributed by atoms with Crippen LogP contribution in [0.15, 0.2) is 35.5 Å². The van der Waals surface area contributed by atoms with E-state index in [1.807, 2.05) is 31.3 Å². The van der Waals surface area contributed by atoms with Gasteiger partial charge in [-0.3, -0.25) is 4.21 Å². The predicted octanol–water partition coefficient (Wildman–Crippen LogP) is 2.25. The minimum absolute atomic E-state index is 0.400. The van der Waals surface area contributed by atoms with Crippen molar-refractivity contribution in [2.75, 3.05) is 0 Å². The van der Waals surface area contributed by atoms with Gasteiger partial charge >= 0.3 is 0 Å². The van der Waals surface area contributed by atoms with E-state index in [2.05, 4.69) is 24.0 Å². The van der Waals surface area contributed by atoms with Crippen molar-refractivity contribution in [3.05, 3.63) is 42.0 Å². The Labute approximate surface area is 110 Å². The fraction of sp³-hybridized carbons (Fsp3) is 0.385. The average molecular weight is 263 g/mol. The van der Waals surface area contributed by atoms with Gasteiger partial charge in [-0.1, -0.05) is 26.0 Å². The van der Waals surface area contributed by atoms with Gasteiger partial charge < -0.3 is 4.57 Å². The number of hydrogen-bond donors (Lipinski definition) is 0. The highest BCUT2D eigenvalue weighted by Crippen LogP contribution is 2.17. The number of hydrogen-bond acceptors (Lipinski definition) is 3. The van der Waals surface area contributed by atoms with Crippen LogP contribution in [-0.4, -0.2) is 19.0 Å². The highest BCUT2D eigenvalue weighted by Gasteiger charge is 2.09. The van der Waals surface area contributed by atoms with E-state index in [1.165, 1.54) is 5.56 Å². The second-order valence-corrected chi connectivity index (χ2v) is 6.02. The number of aromatic nitrogens is 3. The molecule has 2 rings (SSSR count). The number of benzene rings is 1. The molecule has 1 aromatic carbocycles. The quantitative estimate of drug-likeness (QED) is 0.850. The van der Waals surface area contributed by atoms with Crippen LogP contribution in [0, 0.1) is 0 Å². The van der Waals surface area contributed by atoms with Crippen molar-refractivity contribution in [2.24, 2.45) is 7.05 Å². The van der Waals surface area contributed by atoms with E-state index in [1.54, 1.807) is 10.9 Å². The van der Waals surface area contributed by atoms with E-state index < -0.39 is 10.8 Å². The van der Waals surface area contributed by atoms with Gasteiger partial charge in [-0.25, -0.2) is 0 Å². The lowest BCUT2D eigenvalue weighted by Gasteiger charge is -2.06. The van der Waals surface area contributed by atoms with E-state index >= 15 is 0 Å². The monoisotopic (exact) mass is 263 g/mol. The first-order chi connectivity index (χ1) is 8.58. The van der Waals surface area contributed by atoms with Crippen molar-refractivity contribution in [1.82, 2.24) is 14.8 Å². The molecule has 0 aliphatic heterocycles. The molecule has 1 heterocycles. The second kappa shape index (κ2) is 5.44. The maximum atomic E-state index is 12.2. The zero-order valence-electron chi connectivity index (χ0n) is 10.8. The van der Waals surface area contributed by atoms with Crippen molar-refractivity contribution in [1.29, 1.82) is 0 Å². The fourth-order valence-electron chi connectivity index (χ4n) is 1.64. The Bertz CT molecular complexity index is 546. The molecule has 0 amide bonds. The van der Waals surface area contributed by atoms with Gasteiger partial charge in [0.25, 0.3) is 0 Å². The maximum absolute atomic E-state index is 12.2. The molecular formula is C13H17N3OS. The first-order valence-corrected chi connectivity index (χ1v) is 7.21. The molecule has 0 radical (unpaired) electrons. The van der Waals surface area contributed by atoms with Crippen LogP contribution in [0.4, 0.5) is 0 Å². The van der Waals surface area contributed by atoms with Crippen LogP contribution in [0.25, 0.3) is 0 Å². The molecule has 5 heteroatoms. The van der Waals surface area contributed by atoms with Crippen LogP contribution in [-0.2, 0) is 23.6 Å². The van der Waals surface area contributed by atoms with Gasteiger partial charge in [-0.15, -0.1) is 10.2 Å². The molecule has 0 aliphatic rings. The Balaban J connectivity index is 2.12. The smallest absolute Gasteiger partial charge is 0.145 e. The van der Waals surface area contributed by atoms with Crippen molar-refractivity contribution < 1.29 is 4.21 Å². The third-order valence-electron chi connectivity index (χ3n) is 2.87. The minimum Gasteiger partial charge on any atom is -0.320 e. The molecule has 0 aliphatic carbocycles. The largest absolute Gasteiger partial charge is 0.320 e. The molecule has 96 valence electrons. The number of nitrogens with zero attached hydrogens (tertiary/aromatic N) is 3. The van der Waals surface area contributed by atoms with Crippen LogP contribution < -0.4 is 0 Å². The van der Waals surface area contributed by atoms with Crippen LogP contribution in [0.3, 0.4) is 0 Å². The molecule has 1 aromatic heterocycles. The van der Waals surface area contributed by atoms with Crippen LogP contribution in [0.5, 0.6) is 0 Å². The van der Waals surface area contributed by atoms with E-state index in [9.17, 15) is 4.21 Å². The SMILES string of the molecule is CC(C)c1ccc([S@](=O)Cc2nncn2C)cc1. The van der Waals surface area contributed by atoms with E-state index in [0.717, 1.165) is 10.7 Å². The number of aryl methyl sites for hydroxylation is 1. The van der Waals surface area contributed by atoms with Crippen molar-refractivity contribution in [2.45, 2.75) is 30.4 Å². The van der Waals surface area contributed by atoms with Gasteiger partial charge in [0.2, 0.25) is 0 Å². The average Bonchev–Trinajstić information content (AvgIpc) is 2.75. The van der Waals surface area contributed by atoms with Crippen molar-refractivity contribution >= 4 is 10.8 Å². The van der Waals surface area contributed by atoms with E-state index in [0.29, 0.717) is 11.7 Å². The standard InChI is InChI=1S/C13H17N3OS/c1-10(2)11-4-6-12(7-5-11)18(17)8-13-15-14-9-16(13)3/h4-7,9-10H,8H2,1-3H3/t18-/m1/s1. The Morgan fingerprint density at radius 3 is 2.44 bits per heavy atom. The molecule has 0 saturated carbocycles. The van der Waals surface area contributed by atoms with Gasteiger partial charge in [0.15, 0.2) is 0 Å². The summed E-state index contributed by atoms with van der Waals surface area (Å²) in [4.78, 5) is 0.836. The van der Waals surface area contributed by atoms with Gasteiger partial charge in [-0.05, 0) is 23.6 Å². The van der Waals surface area contributed by atoms with E-state index in [-0.39, 0.29) is 0 Å². The lowest BCUT2D eigenvalue weighted by molar-refractivity contribution is 0.679. The third-order valence-corrected chi connectivity index (χ3v) is 4.19. The molecule has 0 bridgehead atoms. The summed E-state index contributed by atoms with van der Waals surface area (Å²) in [5.74, 6) is 1.63. The third kappa shape index (κ3) is 2.85. The molecule has 2 aromatic rings. The minimum atomic E-state index is -1.07. The van der Waals surface area contributed by atoms with Gasteiger partial charge in [0.05, 0.1) is 16.6 Å². The normalized spacial score (nSPS) is 12.9. The van der Waals surface area contributed by atoms with E-state index in [4.69, 9.17) is 0 Å². The molecule has 0 spiro atoms. The first-order valence-electron chi connectivity index (χ1n) is 5.89. The molecule has 4 nitrogen and oxygen atoms in total. The zero-order valence-corrected chi connectivity index (χ0v) is 11.6. The summed E-state index contributed by atoms with van der Waals surface area (Å²) in [7, 11) is 0.788. The van der Waals surface area contributed by atoms with Crippen molar-refractivity contribution in [3.63, 3.8) is 0 Å². The highest BCUT2D eigenvalue weighted by atomic mass is 32.2. The summed E-state index contributed by atoms with van der Waals surface area (Å²) in [5.41, 5.74) is 1.26. The lowest BCUT2D eigenvalue weighted by atomic mass is 10.0. The topological polar surface area (TPSA) is 47.8 Å². The Morgan fingerprint density at radius 2 is 1.94 bits per heavy atom. The summed E-state index contributed by atoms with van der Waals surface area (Å²) in [6, 6.07) is 7.94. The molecule has 0 fully saturated rings. The Morgan fingerprint density at radius 1 is 1.28 bits per heavy atom. The summed E-state index contributed by atoms with van der Waals surface area (Å²) < 4.78 is 14.0. The molecule has 18 heavy (non-hydrogen) atoms. The molecular weight excluding hydrogens is 246 g/mol. The highest BCUT2D eigenvalue weighted by molar-refractivity contribution is 7.84. The van der Waals surface area contributed by atoms with Crippen LogP contribution in [0.1, 0.15) is 31.2 Å². The van der Waals surface area contributed by atoms with Crippen molar-refractivity contribution in [3.8, 4) is 0 Å². The lowest BCUT2D eigenvalue weighted by Crippen LogP contribution is -2.03. The van der Waals surface area contributed by atoms with Crippen LogP contribution >= 0.6 is 0 Å². The van der Waals surface area contributed by atoms with Gasteiger partial charge in [-0.2, -0.15) is 0 Å². The Hall–Kier alpha value is -1.49. The zero-order chi connectivity index (χ0) is 13.1. The van der Waals surface area contributed by atoms with Gasteiger partial charge in [0.1, 0.15) is 12.2 Å². The van der Waals surface area contributed by atoms with Gasteiger partial charge in [0, 0.05) is 11.9 Å². The van der Waals surface area contributed by atoms with Crippen LogP contribution in [0.2, 0.25) is 0 Å². The summed E-state index contributed by atoms with van der Waals surface area (Å²) in [5, 5.41) is 7.73. The molecule has 0 saturated heterocycles. The predicted molar refractivity (Wildman–Crippen MR) is 71.6 cm³/mol. The summed E-state index contributed by atoms with van der Waals surface area (Å²) >= 11 is 0. The molecule has 0 unspecified atom stereocenters.